The SMILES string of the molecule is O=C(CC1C=CCC1)N1CCN(c2nccs2)CC1. The minimum absolute atomic E-state index is 0.315. The van der Waals surface area contributed by atoms with Crippen molar-refractivity contribution >= 4 is 22.4 Å². The number of allylic oxidation sites excluding steroid dienone is 2. The average molecular weight is 277 g/mol. The van der Waals surface area contributed by atoms with Crippen LogP contribution in [0.15, 0.2) is 23.7 Å². The minimum atomic E-state index is 0.315. The maximum atomic E-state index is 12.2. The van der Waals surface area contributed by atoms with E-state index in [-0.39, 0.29) is 0 Å². The fourth-order valence-electron chi connectivity index (χ4n) is 2.74. The van der Waals surface area contributed by atoms with Crippen LogP contribution >= 0.6 is 11.3 Å². The van der Waals surface area contributed by atoms with Crippen molar-refractivity contribution < 1.29 is 4.79 Å². The minimum Gasteiger partial charge on any atom is -0.345 e. The van der Waals surface area contributed by atoms with Gasteiger partial charge in [0.05, 0.1) is 0 Å². The first-order chi connectivity index (χ1) is 9.33. The van der Waals surface area contributed by atoms with E-state index in [2.05, 4.69) is 22.0 Å². The quantitative estimate of drug-likeness (QED) is 0.794. The molecule has 19 heavy (non-hydrogen) atoms. The lowest BCUT2D eigenvalue weighted by Gasteiger charge is -2.35. The molecule has 1 aliphatic heterocycles. The van der Waals surface area contributed by atoms with E-state index in [1.54, 1.807) is 11.3 Å². The van der Waals surface area contributed by atoms with Gasteiger partial charge in [-0.1, -0.05) is 12.2 Å². The molecule has 4 nitrogen and oxygen atoms in total. The number of rotatable bonds is 3. The van der Waals surface area contributed by atoms with Gasteiger partial charge in [0.2, 0.25) is 5.91 Å². The number of thiazole rings is 1. The van der Waals surface area contributed by atoms with E-state index in [0.717, 1.165) is 44.2 Å². The van der Waals surface area contributed by atoms with E-state index in [9.17, 15) is 4.79 Å². The van der Waals surface area contributed by atoms with E-state index in [1.165, 1.54) is 0 Å². The highest BCUT2D eigenvalue weighted by Crippen LogP contribution is 2.23. The average Bonchev–Trinajstić information content (AvgIpc) is 3.12. The van der Waals surface area contributed by atoms with Crippen LogP contribution in [-0.2, 0) is 4.79 Å². The van der Waals surface area contributed by atoms with Gasteiger partial charge in [-0.05, 0) is 18.8 Å². The molecule has 1 aliphatic carbocycles. The van der Waals surface area contributed by atoms with Gasteiger partial charge < -0.3 is 9.80 Å². The zero-order chi connectivity index (χ0) is 13.1. The Morgan fingerprint density at radius 1 is 1.37 bits per heavy atom. The second kappa shape index (κ2) is 5.74. The molecular formula is C14H19N3OS. The van der Waals surface area contributed by atoms with Crippen LogP contribution in [0, 0.1) is 5.92 Å². The summed E-state index contributed by atoms with van der Waals surface area (Å²) in [5, 5.41) is 3.07. The first-order valence-corrected chi connectivity index (χ1v) is 7.80. The van der Waals surface area contributed by atoms with Crippen molar-refractivity contribution in [2.24, 2.45) is 5.92 Å². The molecule has 1 saturated heterocycles. The van der Waals surface area contributed by atoms with Gasteiger partial charge in [-0.15, -0.1) is 11.3 Å². The highest BCUT2D eigenvalue weighted by Gasteiger charge is 2.24. The summed E-state index contributed by atoms with van der Waals surface area (Å²) in [4.78, 5) is 20.8. The van der Waals surface area contributed by atoms with Gasteiger partial charge in [0.15, 0.2) is 5.13 Å². The third kappa shape index (κ3) is 2.97. The molecule has 1 aromatic heterocycles. The molecule has 0 radical (unpaired) electrons. The molecule has 0 spiro atoms. The number of piperazine rings is 1. The molecular weight excluding hydrogens is 258 g/mol. The molecule has 0 saturated carbocycles. The number of nitrogens with zero attached hydrogens (tertiary/aromatic N) is 3. The number of anilines is 1. The van der Waals surface area contributed by atoms with Crippen molar-refractivity contribution in [1.82, 2.24) is 9.88 Å². The fraction of sp³-hybridized carbons (Fsp3) is 0.571. The van der Waals surface area contributed by atoms with E-state index in [4.69, 9.17) is 0 Å². The number of carbonyl (C=O) groups excluding carboxylic acids is 1. The second-order valence-corrected chi connectivity index (χ2v) is 6.03. The summed E-state index contributed by atoms with van der Waals surface area (Å²) in [6, 6.07) is 0. The third-order valence-corrected chi connectivity index (χ3v) is 4.70. The number of amides is 1. The monoisotopic (exact) mass is 277 g/mol. The Morgan fingerprint density at radius 2 is 2.21 bits per heavy atom. The predicted molar refractivity (Wildman–Crippen MR) is 77.4 cm³/mol. The smallest absolute Gasteiger partial charge is 0.223 e. The molecule has 102 valence electrons. The maximum Gasteiger partial charge on any atom is 0.223 e. The number of hydrogen-bond donors (Lipinski definition) is 0. The number of hydrogen-bond acceptors (Lipinski definition) is 4. The molecule has 5 heteroatoms. The summed E-state index contributed by atoms with van der Waals surface area (Å²) >= 11 is 1.67. The zero-order valence-electron chi connectivity index (χ0n) is 11.0. The predicted octanol–water partition coefficient (Wildman–Crippen LogP) is 2.15. The topological polar surface area (TPSA) is 36.4 Å². The Balaban J connectivity index is 1.49. The Bertz CT molecular complexity index is 449. The van der Waals surface area contributed by atoms with Crippen molar-refractivity contribution in [3.63, 3.8) is 0 Å². The van der Waals surface area contributed by atoms with Gasteiger partial charge in [0.25, 0.3) is 0 Å². The van der Waals surface area contributed by atoms with Crippen molar-refractivity contribution in [3.05, 3.63) is 23.7 Å². The van der Waals surface area contributed by atoms with Crippen molar-refractivity contribution in [3.8, 4) is 0 Å². The van der Waals surface area contributed by atoms with Crippen LogP contribution in [0.2, 0.25) is 0 Å². The van der Waals surface area contributed by atoms with E-state index in [1.807, 2.05) is 16.5 Å². The molecule has 1 amide bonds. The number of aromatic nitrogens is 1. The van der Waals surface area contributed by atoms with Crippen LogP contribution in [0.5, 0.6) is 0 Å². The largest absolute Gasteiger partial charge is 0.345 e. The molecule has 0 aromatic carbocycles. The van der Waals surface area contributed by atoms with Crippen LogP contribution in [0.3, 0.4) is 0 Å². The molecule has 0 bridgehead atoms. The summed E-state index contributed by atoms with van der Waals surface area (Å²) in [6.07, 6.45) is 9.19. The van der Waals surface area contributed by atoms with Gasteiger partial charge in [0.1, 0.15) is 0 Å². The Labute approximate surface area is 117 Å². The first-order valence-electron chi connectivity index (χ1n) is 6.92. The molecule has 1 unspecified atom stereocenters. The molecule has 1 aromatic rings. The van der Waals surface area contributed by atoms with Crippen LogP contribution < -0.4 is 4.90 Å². The first kappa shape index (κ1) is 12.7. The summed E-state index contributed by atoms with van der Waals surface area (Å²) in [6.45, 7) is 3.46. The normalized spacial score (nSPS) is 23.1. The molecule has 2 heterocycles. The van der Waals surface area contributed by atoms with Gasteiger partial charge in [-0.2, -0.15) is 0 Å². The molecule has 0 N–H and O–H groups in total. The highest BCUT2D eigenvalue weighted by molar-refractivity contribution is 7.13. The summed E-state index contributed by atoms with van der Waals surface area (Å²) in [5.74, 6) is 0.792. The summed E-state index contributed by atoms with van der Waals surface area (Å²) < 4.78 is 0. The maximum absolute atomic E-state index is 12.2. The molecule has 1 fully saturated rings. The lowest BCUT2D eigenvalue weighted by molar-refractivity contribution is -0.132. The summed E-state index contributed by atoms with van der Waals surface area (Å²) in [5.41, 5.74) is 0. The Morgan fingerprint density at radius 3 is 2.84 bits per heavy atom. The lowest BCUT2D eigenvalue weighted by atomic mass is 10.0. The van der Waals surface area contributed by atoms with Crippen molar-refractivity contribution in [2.45, 2.75) is 19.3 Å². The Hall–Kier alpha value is -1.36. The van der Waals surface area contributed by atoms with Gasteiger partial charge in [-0.25, -0.2) is 4.98 Å². The summed E-state index contributed by atoms with van der Waals surface area (Å²) in [7, 11) is 0. The van der Waals surface area contributed by atoms with Crippen molar-refractivity contribution in [2.75, 3.05) is 31.1 Å². The van der Waals surface area contributed by atoms with Gasteiger partial charge in [0, 0.05) is 44.2 Å². The van der Waals surface area contributed by atoms with Crippen LogP contribution in [0.25, 0.3) is 0 Å². The van der Waals surface area contributed by atoms with Crippen molar-refractivity contribution in [1.29, 1.82) is 0 Å². The van der Waals surface area contributed by atoms with Gasteiger partial charge in [-0.3, -0.25) is 4.79 Å². The molecule has 2 aliphatic rings. The second-order valence-electron chi connectivity index (χ2n) is 5.15. The molecule has 3 rings (SSSR count). The van der Waals surface area contributed by atoms with Crippen LogP contribution in [0.4, 0.5) is 5.13 Å². The van der Waals surface area contributed by atoms with E-state index in [0.29, 0.717) is 18.2 Å². The van der Waals surface area contributed by atoms with E-state index < -0.39 is 0 Å². The fourth-order valence-corrected chi connectivity index (χ4v) is 3.43. The van der Waals surface area contributed by atoms with E-state index >= 15 is 0 Å². The standard InChI is InChI=1S/C14H19N3OS/c18-13(11-12-3-1-2-4-12)16-6-8-17(9-7-16)14-15-5-10-19-14/h1,3,5,10,12H,2,4,6-9,11H2. The molecule has 1 atom stereocenters. The zero-order valence-corrected chi connectivity index (χ0v) is 11.8. The Kier molecular flexibility index (Phi) is 3.82. The highest BCUT2D eigenvalue weighted by atomic mass is 32.1. The third-order valence-electron chi connectivity index (χ3n) is 3.87. The lowest BCUT2D eigenvalue weighted by Crippen LogP contribution is -2.49. The van der Waals surface area contributed by atoms with Crippen LogP contribution in [0.1, 0.15) is 19.3 Å². The van der Waals surface area contributed by atoms with Gasteiger partial charge >= 0.3 is 0 Å². The number of carbonyl (C=O) groups is 1. The van der Waals surface area contributed by atoms with Crippen LogP contribution in [-0.4, -0.2) is 42.0 Å².